The van der Waals surface area contributed by atoms with Gasteiger partial charge in [0, 0.05) is 17.3 Å². The van der Waals surface area contributed by atoms with Crippen LogP contribution in [0.2, 0.25) is 0 Å². The molecule has 0 saturated carbocycles. The average Bonchev–Trinajstić information content (AvgIpc) is 2.71. The number of carbonyl (C=O) groups is 1. The quantitative estimate of drug-likeness (QED) is 0.834. The molecule has 6 heteroatoms. The van der Waals surface area contributed by atoms with Gasteiger partial charge < -0.3 is 10.3 Å². The van der Waals surface area contributed by atoms with Gasteiger partial charge in [-0.1, -0.05) is 6.07 Å². The van der Waals surface area contributed by atoms with E-state index in [0.29, 0.717) is 5.52 Å². The number of hydrogen-bond acceptors (Lipinski definition) is 1. The summed E-state index contributed by atoms with van der Waals surface area (Å²) in [5.41, 5.74) is 0.911. The summed E-state index contributed by atoms with van der Waals surface area (Å²) in [4.78, 5) is 14.3. The van der Waals surface area contributed by atoms with Crippen LogP contribution in [0.15, 0.2) is 30.5 Å². The highest BCUT2D eigenvalue weighted by molar-refractivity contribution is 5.97. The molecule has 0 aliphatic heterocycles. The molecule has 0 aliphatic rings. The Bertz CT molecular complexity index is 545. The van der Waals surface area contributed by atoms with Gasteiger partial charge in [0.15, 0.2) is 0 Å². The van der Waals surface area contributed by atoms with Gasteiger partial charge in [0.05, 0.1) is 0 Å². The molecule has 2 rings (SSSR count). The third kappa shape index (κ3) is 2.77. The second-order valence-corrected chi connectivity index (χ2v) is 3.58. The summed E-state index contributed by atoms with van der Waals surface area (Å²) in [6, 6.07) is 6.49. The van der Waals surface area contributed by atoms with Crippen molar-refractivity contribution in [3.63, 3.8) is 0 Å². The van der Waals surface area contributed by atoms with Crippen LogP contribution in [0.3, 0.4) is 0 Å². The topological polar surface area (TPSA) is 44.9 Å². The van der Waals surface area contributed by atoms with Gasteiger partial charge in [0.25, 0.3) is 5.91 Å². The van der Waals surface area contributed by atoms with Crippen molar-refractivity contribution < 1.29 is 18.0 Å². The minimum Gasteiger partial charge on any atom is -0.361 e. The van der Waals surface area contributed by atoms with E-state index in [4.69, 9.17) is 0 Å². The zero-order chi connectivity index (χ0) is 12.5. The first-order chi connectivity index (χ1) is 7.96. The maximum absolute atomic E-state index is 11.9. The molecule has 1 aromatic heterocycles. The average molecular weight is 242 g/mol. The fraction of sp³-hybridized carbons (Fsp3) is 0.182. The van der Waals surface area contributed by atoms with E-state index >= 15 is 0 Å². The van der Waals surface area contributed by atoms with E-state index in [1.165, 1.54) is 12.1 Å². The predicted molar refractivity (Wildman–Crippen MR) is 56.7 cm³/mol. The van der Waals surface area contributed by atoms with Gasteiger partial charge in [-0.3, -0.25) is 4.79 Å². The Balaban J connectivity index is 2.13. The van der Waals surface area contributed by atoms with E-state index in [9.17, 15) is 18.0 Å². The van der Waals surface area contributed by atoms with E-state index in [2.05, 4.69) is 4.98 Å². The van der Waals surface area contributed by atoms with Crippen molar-refractivity contribution >= 4 is 16.8 Å². The molecule has 1 heterocycles. The van der Waals surface area contributed by atoms with Crippen LogP contribution in [0.25, 0.3) is 10.9 Å². The molecule has 3 nitrogen and oxygen atoms in total. The van der Waals surface area contributed by atoms with E-state index in [1.54, 1.807) is 12.3 Å². The van der Waals surface area contributed by atoms with E-state index in [1.807, 2.05) is 11.4 Å². The fourth-order valence-corrected chi connectivity index (χ4v) is 1.47. The summed E-state index contributed by atoms with van der Waals surface area (Å²) in [5.74, 6) is -0.737. The summed E-state index contributed by atoms with van der Waals surface area (Å²) in [5, 5.41) is 2.72. The number of rotatable bonds is 2. The van der Waals surface area contributed by atoms with Gasteiger partial charge in [-0.25, -0.2) is 0 Å². The second-order valence-electron chi connectivity index (χ2n) is 3.58. The van der Waals surface area contributed by atoms with Crippen molar-refractivity contribution in [2.75, 3.05) is 6.54 Å². The zero-order valence-corrected chi connectivity index (χ0v) is 8.64. The molecule has 0 radical (unpaired) electrons. The lowest BCUT2D eigenvalue weighted by Crippen LogP contribution is -2.33. The maximum atomic E-state index is 11.9. The molecule has 0 fully saturated rings. The number of aromatic amines is 1. The van der Waals surface area contributed by atoms with Crippen molar-refractivity contribution in [1.82, 2.24) is 10.3 Å². The van der Waals surface area contributed by atoms with Crippen LogP contribution in [-0.4, -0.2) is 23.6 Å². The number of fused-ring (bicyclic) bond motifs is 1. The van der Waals surface area contributed by atoms with Crippen molar-refractivity contribution in [2.45, 2.75) is 6.18 Å². The number of hydrogen-bond donors (Lipinski definition) is 2. The molecule has 1 aromatic carbocycles. The Morgan fingerprint density at radius 1 is 1.29 bits per heavy atom. The smallest absolute Gasteiger partial charge is 0.361 e. The fourth-order valence-electron chi connectivity index (χ4n) is 1.47. The Morgan fingerprint density at radius 3 is 2.76 bits per heavy atom. The molecule has 2 N–H and O–H groups in total. The number of H-pyrrole nitrogens is 1. The SMILES string of the molecule is O=C(NCC(F)(F)F)c1ccc2cc[nH]c2c1. The maximum Gasteiger partial charge on any atom is 0.405 e. The molecule has 1 amide bonds. The lowest BCUT2D eigenvalue weighted by molar-refractivity contribution is -0.123. The van der Waals surface area contributed by atoms with Crippen LogP contribution in [0.1, 0.15) is 10.4 Å². The normalized spacial score (nSPS) is 11.7. The predicted octanol–water partition coefficient (Wildman–Crippen LogP) is 2.46. The summed E-state index contributed by atoms with van der Waals surface area (Å²) in [6.45, 7) is -1.32. The highest BCUT2D eigenvalue weighted by atomic mass is 19.4. The highest BCUT2D eigenvalue weighted by Crippen LogP contribution is 2.15. The van der Waals surface area contributed by atoms with Crippen LogP contribution in [0.5, 0.6) is 0 Å². The number of nitrogens with one attached hydrogen (secondary N) is 2. The Labute approximate surface area is 94.6 Å². The summed E-state index contributed by atoms with van der Waals surface area (Å²) in [6.07, 6.45) is -2.70. The van der Waals surface area contributed by atoms with Crippen LogP contribution in [-0.2, 0) is 0 Å². The number of carbonyl (C=O) groups excluding carboxylic acids is 1. The van der Waals surface area contributed by atoms with Crippen LogP contribution in [0, 0.1) is 0 Å². The first kappa shape index (κ1) is 11.5. The Morgan fingerprint density at radius 2 is 2.06 bits per heavy atom. The third-order valence-electron chi connectivity index (χ3n) is 2.27. The first-order valence-electron chi connectivity index (χ1n) is 4.88. The van der Waals surface area contributed by atoms with Gasteiger partial charge in [0.2, 0.25) is 0 Å². The number of benzene rings is 1. The molecule has 17 heavy (non-hydrogen) atoms. The number of amides is 1. The first-order valence-corrected chi connectivity index (χ1v) is 4.88. The molecule has 0 aliphatic carbocycles. The van der Waals surface area contributed by atoms with Gasteiger partial charge in [-0.05, 0) is 23.6 Å². The standard InChI is InChI=1S/C11H9F3N2O/c12-11(13,14)6-16-10(17)8-2-1-7-3-4-15-9(7)5-8/h1-5,15H,6H2,(H,16,17). The lowest BCUT2D eigenvalue weighted by atomic mass is 10.1. The van der Waals surface area contributed by atoms with E-state index < -0.39 is 18.6 Å². The van der Waals surface area contributed by atoms with Crippen molar-refractivity contribution in [2.24, 2.45) is 0 Å². The molecular weight excluding hydrogens is 233 g/mol. The molecule has 0 saturated heterocycles. The van der Waals surface area contributed by atoms with Crippen molar-refractivity contribution in [3.8, 4) is 0 Å². The number of halogens is 3. The van der Waals surface area contributed by atoms with Gasteiger partial charge in [-0.15, -0.1) is 0 Å². The van der Waals surface area contributed by atoms with Crippen LogP contribution >= 0.6 is 0 Å². The third-order valence-corrected chi connectivity index (χ3v) is 2.27. The molecule has 90 valence electrons. The molecular formula is C11H9F3N2O. The molecule has 0 unspecified atom stereocenters. The van der Waals surface area contributed by atoms with Crippen molar-refractivity contribution in [3.05, 3.63) is 36.0 Å². The van der Waals surface area contributed by atoms with Gasteiger partial charge >= 0.3 is 6.18 Å². The summed E-state index contributed by atoms with van der Waals surface area (Å²) >= 11 is 0. The van der Waals surface area contributed by atoms with E-state index in [0.717, 1.165) is 5.39 Å². The lowest BCUT2D eigenvalue weighted by Gasteiger charge is -2.08. The minimum absolute atomic E-state index is 0.198. The van der Waals surface area contributed by atoms with Crippen LogP contribution < -0.4 is 5.32 Å². The van der Waals surface area contributed by atoms with Gasteiger partial charge in [0.1, 0.15) is 6.54 Å². The molecule has 0 spiro atoms. The monoisotopic (exact) mass is 242 g/mol. The van der Waals surface area contributed by atoms with E-state index in [-0.39, 0.29) is 5.56 Å². The Kier molecular flexibility index (Phi) is 2.79. The number of aromatic nitrogens is 1. The molecule has 2 aromatic rings. The summed E-state index contributed by atoms with van der Waals surface area (Å²) in [7, 11) is 0. The Hall–Kier alpha value is -1.98. The summed E-state index contributed by atoms with van der Waals surface area (Å²) < 4.78 is 35.7. The minimum atomic E-state index is -4.40. The molecule has 0 bridgehead atoms. The second kappa shape index (κ2) is 4.12. The largest absolute Gasteiger partial charge is 0.405 e. The number of alkyl halides is 3. The zero-order valence-electron chi connectivity index (χ0n) is 8.64. The molecule has 0 atom stereocenters. The highest BCUT2D eigenvalue weighted by Gasteiger charge is 2.27. The van der Waals surface area contributed by atoms with Crippen molar-refractivity contribution in [1.29, 1.82) is 0 Å². The van der Waals surface area contributed by atoms with Gasteiger partial charge in [-0.2, -0.15) is 13.2 Å². The van der Waals surface area contributed by atoms with Crippen LogP contribution in [0.4, 0.5) is 13.2 Å².